The van der Waals surface area contributed by atoms with Crippen molar-refractivity contribution in [1.82, 2.24) is 14.1 Å². The van der Waals surface area contributed by atoms with E-state index < -0.39 is 13.3 Å². The zero-order valence-electron chi connectivity index (χ0n) is 28.9. The first-order valence-corrected chi connectivity index (χ1v) is 24.2. The fraction of sp³-hybridized carbons (Fsp3) is 0.163. The molecule has 0 amide bonds. The molecule has 0 aliphatic carbocycles. The fourth-order valence-corrected chi connectivity index (χ4v) is 9.06. The molecule has 0 unspecified atom stereocenters. The number of ether oxygens (including phenoxy) is 1. The van der Waals surface area contributed by atoms with Crippen molar-refractivity contribution in [2.24, 2.45) is 0 Å². The van der Waals surface area contributed by atoms with E-state index in [0.717, 1.165) is 50.8 Å². The Bertz CT molecular complexity index is 2500. The van der Waals surface area contributed by atoms with Gasteiger partial charge in [-0.05, 0) is 12.1 Å². The summed E-state index contributed by atoms with van der Waals surface area (Å²) in [5.74, 6) is 9.79. The van der Waals surface area contributed by atoms with Crippen LogP contribution in [0.1, 0.15) is 26.3 Å². The van der Waals surface area contributed by atoms with Crippen LogP contribution in [0.3, 0.4) is 0 Å². The van der Waals surface area contributed by atoms with Crippen molar-refractivity contribution in [2.45, 2.75) is 43.5 Å². The molecule has 8 aromatic rings. The van der Waals surface area contributed by atoms with E-state index in [4.69, 9.17) is 9.72 Å². The molecule has 0 N–H and O–H groups in total. The molecule has 5 nitrogen and oxygen atoms in total. The number of rotatable bonds is 6. The molecule has 0 bridgehead atoms. The first-order valence-electron chi connectivity index (χ1n) is 16.9. The molecule has 3 heterocycles. The van der Waals surface area contributed by atoms with E-state index >= 15 is 0 Å². The Labute approximate surface area is 290 Å². The normalized spacial score (nSPS) is 12.3. The van der Waals surface area contributed by atoms with Gasteiger partial charge in [-0.3, -0.25) is 4.57 Å². The third-order valence-corrected chi connectivity index (χ3v) is 13.6. The molecular formula is C43H40GeN4O. The van der Waals surface area contributed by atoms with Crippen LogP contribution in [-0.4, -0.2) is 27.4 Å². The van der Waals surface area contributed by atoms with Gasteiger partial charge < -0.3 is 0 Å². The van der Waals surface area contributed by atoms with Crippen LogP contribution < -0.4 is 13.7 Å². The van der Waals surface area contributed by atoms with Crippen LogP contribution >= 0.6 is 0 Å². The molecule has 0 aliphatic heterocycles. The zero-order chi connectivity index (χ0) is 33.9. The molecule has 8 rings (SSSR count). The van der Waals surface area contributed by atoms with E-state index in [0.29, 0.717) is 0 Å². The van der Waals surface area contributed by atoms with Gasteiger partial charge in [0.1, 0.15) is 0 Å². The predicted octanol–water partition coefficient (Wildman–Crippen LogP) is 9.83. The van der Waals surface area contributed by atoms with Gasteiger partial charge in [0, 0.05) is 0 Å². The molecular weight excluding hydrogens is 661 g/mol. The molecule has 5 aromatic carbocycles. The minimum absolute atomic E-state index is 0.00550. The number of nitrogens with zero attached hydrogens (tertiary/aromatic N) is 4. The van der Waals surface area contributed by atoms with Crippen molar-refractivity contribution >= 4 is 50.5 Å². The summed E-state index contributed by atoms with van der Waals surface area (Å²) in [6.45, 7) is 6.74. The minimum atomic E-state index is -2.07. The van der Waals surface area contributed by atoms with Crippen LogP contribution in [0, 0.1) is 6.33 Å². The van der Waals surface area contributed by atoms with E-state index in [9.17, 15) is 0 Å². The van der Waals surface area contributed by atoms with Gasteiger partial charge in [-0.1, -0.05) is 42.5 Å². The van der Waals surface area contributed by atoms with E-state index in [2.05, 4.69) is 167 Å². The standard InChI is InChI=1S/C43H40GeN4O/c1-43(2,3)30-23-24-45-42(25-30)48-38-22-19-31(44(4,5)6)26-37(38)36-21-20-35(28-41(36)48)49-34-16-12-15-33(27-34)47-29-46(32-13-8-7-9-14-32)39-17-10-11-18-40(39)47/h7-28H,1-6H3. The monoisotopic (exact) mass is 702 g/mol. The molecule has 242 valence electrons. The Balaban J connectivity index is 1.24. The van der Waals surface area contributed by atoms with Gasteiger partial charge in [0.2, 0.25) is 0 Å². The summed E-state index contributed by atoms with van der Waals surface area (Å²) in [6, 6.07) is 44.8. The molecule has 6 heteroatoms. The van der Waals surface area contributed by atoms with Crippen LogP contribution in [-0.2, 0) is 5.41 Å². The van der Waals surface area contributed by atoms with Crippen LogP contribution in [0.2, 0.25) is 17.3 Å². The van der Waals surface area contributed by atoms with Crippen molar-refractivity contribution in [1.29, 1.82) is 0 Å². The Hall–Kier alpha value is -5.14. The molecule has 0 spiro atoms. The average molecular weight is 701 g/mol. The number of hydrogen-bond donors (Lipinski definition) is 0. The summed E-state index contributed by atoms with van der Waals surface area (Å²) >= 11 is -2.07. The van der Waals surface area contributed by atoms with Gasteiger partial charge in [0.05, 0.1) is 16.7 Å². The summed E-state index contributed by atoms with van der Waals surface area (Å²) in [5, 5.41) is 2.46. The quantitative estimate of drug-likeness (QED) is 0.0984. The molecule has 3 aromatic heterocycles. The first-order chi connectivity index (χ1) is 23.5. The second-order valence-corrected chi connectivity index (χ2v) is 25.5. The summed E-state index contributed by atoms with van der Waals surface area (Å²) in [5.41, 5.74) is 7.68. The summed E-state index contributed by atoms with van der Waals surface area (Å²) in [4.78, 5) is 4.90. The van der Waals surface area contributed by atoms with E-state index in [1.807, 2.05) is 24.4 Å². The van der Waals surface area contributed by atoms with Crippen LogP contribution in [0.5, 0.6) is 11.5 Å². The molecule has 0 atom stereocenters. The maximum atomic E-state index is 6.64. The molecule has 0 aliphatic rings. The fourth-order valence-electron chi connectivity index (χ4n) is 6.63. The van der Waals surface area contributed by atoms with Crippen molar-refractivity contribution in [3.63, 3.8) is 0 Å². The number of para-hydroxylation sites is 3. The molecule has 0 saturated carbocycles. The third-order valence-electron chi connectivity index (χ3n) is 9.33. The summed E-state index contributed by atoms with van der Waals surface area (Å²) < 4.78 is 14.6. The van der Waals surface area contributed by atoms with Crippen LogP contribution in [0.4, 0.5) is 0 Å². The van der Waals surface area contributed by atoms with Gasteiger partial charge in [-0.2, -0.15) is 0 Å². The Kier molecular flexibility index (Phi) is 7.49. The van der Waals surface area contributed by atoms with E-state index in [1.165, 1.54) is 20.7 Å². The summed E-state index contributed by atoms with van der Waals surface area (Å²) in [6.07, 6.45) is 5.51. The number of benzene rings is 5. The van der Waals surface area contributed by atoms with Gasteiger partial charge in [0.15, 0.2) is 0 Å². The number of hydrogen-bond acceptors (Lipinski definition) is 2. The number of aromatic nitrogens is 4. The van der Waals surface area contributed by atoms with Crippen molar-refractivity contribution in [2.75, 3.05) is 0 Å². The Morgan fingerprint density at radius 2 is 1.45 bits per heavy atom. The van der Waals surface area contributed by atoms with E-state index in [1.54, 1.807) is 0 Å². The van der Waals surface area contributed by atoms with Crippen molar-refractivity contribution < 1.29 is 9.30 Å². The van der Waals surface area contributed by atoms with Gasteiger partial charge in [-0.25, -0.2) is 0 Å². The second-order valence-electron chi connectivity index (χ2n) is 14.8. The number of fused-ring (bicyclic) bond motifs is 4. The van der Waals surface area contributed by atoms with Gasteiger partial charge in [-0.15, -0.1) is 0 Å². The van der Waals surface area contributed by atoms with Gasteiger partial charge in [0.25, 0.3) is 6.33 Å². The molecule has 49 heavy (non-hydrogen) atoms. The predicted molar refractivity (Wildman–Crippen MR) is 204 cm³/mol. The number of imidazole rings is 1. The topological polar surface area (TPSA) is 35.9 Å². The number of pyridine rings is 1. The third kappa shape index (κ3) is 5.72. The molecule has 0 saturated heterocycles. The van der Waals surface area contributed by atoms with E-state index in [-0.39, 0.29) is 5.41 Å². The summed E-state index contributed by atoms with van der Waals surface area (Å²) in [7, 11) is 0. The average Bonchev–Trinajstić information content (AvgIpc) is 3.64. The maximum absolute atomic E-state index is 6.64. The Morgan fingerprint density at radius 1 is 0.673 bits per heavy atom. The van der Waals surface area contributed by atoms with Crippen LogP contribution in [0.15, 0.2) is 134 Å². The Morgan fingerprint density at radius 3 is 2.24 bits per heavy atom. The SMILES string of the molecule is CC(C)(C)c1ccnc(-n2c3cc[c]([Ge]([CH3])([CH3])[CH3])cc3c3ccc(Oc4cccc(-n5[c-][n+](-c6ccccc6)c6ccccc65)c4)cc32)c1. The molecule has 0 radical (unpaired) electrons. The first kappa shape index (κ1) is 31.1. The zero-order valence-corrected chi connectivity index (χ0v) is 31.0. The van der Waals surface area contributed by atoms with Crippen molar-refractivity contribution in [3.8, 4) is 28.7 Å². The molecule has 0 fully saturated rings. The second kappa shape index (κ2) is 11.8. The van der Waals surface area contributed by atoms with Crippen LogP contribution in [0.25, 0.3) is 50.0 Å². The van der Waals surface area contributed by atoms with Crippen molar-refractivity contribution in [3.05, 3.63) is 145 Å². The van der Waals surface area contributed by atoms with Gasteiger partial charge >= 0.3 is 209 Å².